The molecule has 0 spiro atoms. The fraction of sp³-hybridized carbons (Fsp3) is 0.562. The number of anilines is 1. The van der Waals surface area contributed by atoms with E-state index in [1.807, 2.05) is 6.92 Å². The van der Waals surface area contributed by atoms with E-state index in [9.17, 15) is 4.79 Å². The first-order valence-electron chi connectivity index (χ1n) is 7.52. The van der Waals surface area contributed by atoms with Gasteiger partial charge in [-0.25, -0.2) is 0 Å². The topological polar surface area (TPSA) is 44.4 Å². The first-order chi connectivity index (χ1) is 9.99. The second-order valence-corrected chi connectivity index (χ2v) is 6.82. The van der Waals surface area contributed by atoms with E-state index in [2.05, 4.69) is 63.5 Å². The summed E-state index contributed by atoms with van der Waals surface area (Å²) in [7, 11) is 0. The Morgan fingerprint density at radius 1 is 1.48 bits per heavy atom. The van der Waals surface area contributed by atoms with Gasteiger partial charge in [0.05, 0.1) is 0 Å². The van der Waals surface area contributed by atoms with E-state index >= 15 is 0 Å². The minimum absolute atomic E-state index is 0.0973. The fourth-order valence-corrected chi connectivity index (χ4v) is 3.00. The standard InChI is InChI=1S/C16H24BrN3O/c1-11(2)9-18-10-13-4-5-14(8-15(13)17)20-7-6-19-16(21)12(20)3/h4-5,8,11-12,18H,6-7,9-10H2,1-3H3,(H,19,21). The number of halogens is 1. The van der Waals surface area contributed by atoms with E-state index in [0.717, 1.165) is 29.8 Å². The van der Waals surface area contributed by atoms with E-state index in [-0.39, 0.29) is 11.9 Å². The number of carbonyl (C=O) groups excluding carboxylic acids is 1. The lowest BCUT2D eigenvalue weighted by Crippen LogP contribution is -2.54. The number of amides is 1. The van der Waals surface area contributed by atoms with Gasteiger partial charge in [0.25, 0.3) is 0 Å². The van der Waals surface area contributed by atoms with Gasteiger partial charge in [-0.2, -0.15) is 0 Å². The maximum Gasteiger partial charge on any atom is 0.242 e. The van der Waals surface area contributed by atoms with Crippen molar-refractivity contribution in [3.05, 3.63) is 28.2 Å². The summed E-state index contributed by atoms with van der Waals surface area (Å²) in [6.07, 6.45) is 0. The van der Waals surface area contributed by atoms with Crippen LogP contribution in [0.15, 0.2) is 22.7 Å². The molecule has 1 atom stereocenters. The van der Waals surface area contributed by atoms with Crippen LogP contribution in [0.25, 0.3) is 0 Å². The summed E-state index contributed by atoms with van der Waals surface area (Å²) in [6, 6.07) is 6.23. The predicted molar refractivity (Wildman–Crippen MR) is 90.5 cm³/mol. The van der Waals surface area contributed by atoms with Crippen molar-refractivity contribution in [2.45, 2.75) is 33.4 Å². The molecule has 1 fully saturated rings. The number of benzene rings is 1. The minimum Gasteiger partial charge on any atom is -0.358 e. The average Bonchev–Trinajstić information content (AvgIpc) is 2.43. The van der Waals surface area contributed by atoms with Gasteiger partial charge in [0, 0.05) is 29.8 Å². The normalized spacial score (nSPS) is 19.0. The summed E-state index contributed by atoms with van der Waals surface area (Å²) in [6.45, 7) is 9.78. The second-order valence-electron chi connectivity index (χ2n) is 5.96. The average molecular weight is 354 g/mol. The Balaban J connectivity index is 2.06. The summed E-state index contributed by atoms with van der Waals surface area (Å²) in [5, 5.41) is 6.34. The highest BCUT2D eigenvalue weighted by Gasteiger charge is 2.25. The Hall–Kier alpha value is -1.07. The Labute approximate surface area is 135 Å². The first kappa shape index (κ1) is 16.3. The lowest BCUT2D eigenvalue weighted by molar-refractivity contribution is -0.122. The number of piperazine rings is 1. The van der Waals surface area contributed by atoms with E-state index in [1.54, 1.807) is 0 Å². The maximum absolute atomic E-state index is 11.8. The van der Waals surface area contributed by atoms with Gasteiger partial charge in [-0.05, 0) is 37.1 Å². The highest BCUT2D eigenvalue weighted by Crippen LogP contribution is 2.26. The van der Waals surface area contributed by atoms with Crippen molar-refractivity contribution in [2.24, 2.45) is 5.92 Å². The zero-order chi connectivity index (χ0) is 15.4. The van der Waals surface area contributed by atoms with Crippen LogP contribution in [0.2, 0.25) is 0 Å². The van der Waals surface area contributed by atoms with Crippen molar-refractivity contribution in [3.63, 3.8) is 0 Å². The number of nitrogens with one attached hydrogen (secondary N) is 2. The highest BCUT2D eigenvalue weighted by atomic mass is 79.9. The lowest BCUT2D eigenvalue weighted by Gasteiger charge is -2.35. The van der Waals surface area contributed by atoms with Crippen molar-refractivity contribution < 1.29 is 4.79 Å². The molecule has 0 bridgehead atoms. The number of hydrogen-bond donors (Lipinski definition) is 2. The van der Waals surface area contributed by atoms with Crippen LogP contribution in [0.5, 0.6) is 0 Å². The van der Waals surface area contributed by atoms with Crippen LogP contribution in [0, 0.1) is 5.92 Å². The summed E-state index contributed by atoms with van der Waals surface area (Å²) >= 11 is 3.65. The van der Waals surface area contributed by atoms with Crippen molar-refractivity contribution >= 4 is 27.5 Å². The Morgan fingerprint density at radius 2 is 2.24 bits per heavy atom. The second kappa shape index (κ2) is 7.27. The number of hydrogen-bond acceptors (Lipinski definition) is 3. The molecule has 1 saturated heterocycles. The Kier molecular flexibility index (Phi) is 5.65. The summed E-state index contributed by atoms with van der Waals surface area (Å²) in [5.74, 6) is 0.746. The number of rotatable bonds is 5. The zero-order valence-corrected chi connectivity index (χ0v) is 14.5. The molecule has 21 heavy (non-hydrogen) atoms. The largest absolute Gasteiger partial charge is 0.358 e. The van der Waals surface area contributed by atoms with Crippen molar-refractivity contribution in [1.29, 1.82) is 0 Å². The minimum atomic E-state index is -0.115. The van der Waals surface area contributed by atoms with Crippen LogP contribution >= 0.6 is 15.9 Å². The molecule has 116 valence electrons. The van der Waals surface area contributed by atoms with Gasteiger partial charge < -0.3 is 15.5 Å². The van der Waals surface area contributed by atoms with Crippen LogP contribution < -0.4 is 15.5 Å². The Bertz CT molecular complexity index is 504. The zero-order valence-electron chi connectivity index (χ0n) is 12.9. The molecule has 4 nitrogen and oxygen atoms in total. The van der Waals surface area contributed by atoms with Gasteiger partial charge in [0.15, 0.2) is 0 Å². The summed E-state index contributed by atoms with van der Waals surface area (Å²) < 4.78 is 1.09. The molecule has 0 radical (unpaired) electrons. The molecule has 1 aromatic carbocycles. The SMILES string of the molecule is CC(C)CNCc1ccc(N2CCNC(=O)C2C)cc1Br. The van der Waals surface area contributed by atoms with Gasteiger partial charge in [-0.3, -0.25) is 4.79 Å². The molecule has 1 aliphatic rings. The third kappa shape index (κ3) is 4.20. The van der Waals surface area contributed by atoms with Crippen LogP contribution in [0.4, 0.5) is 5.69 Å². The van der Waals surface area contributed by atoms with Crippen LogP contribution in [-0.2, 0) is 11.3 Å². The van der Waals surface area contributed by atoms with Gasteiger partial charge in [-0.15, -0.1) is 0 Å². The number of carbonyl (C=O) groups is 1. The third-order valence-electron chi connectivity index (χ3n) is 3.74. The maximum atomic E-state index is 11.8. The summed E-state index contributed by atoms with van der Waals surface area (Å²) in [5.41, 5.74) is 2.34. The Morgan fingerprint density at radius 3 is 2.90 bits per heavy atom. The molecule has 0 saturated carbocycles. The molecule has 1 amide bonds. The van der Waals surface area contributed by atoms with Crippen molar-refractivity contribution in [2.75, 3.05) is 24.5 Å². The molecular weight excluding hydrogens is 330 g/mol. The van der Waals surface area contributed by atoms with E-state index in [1.165, 1.54) is 5.56 Å². The molecule has 5 heteroatoms. The lowest BCUT2D eigenvalue weighted by atomic mass is 10.1. The van der Waals surface area contributed by atoms with Gasteiger partial charge in [-0.1, -0.05) is 35.8 Å². The molecule has 0 aliphatic carbocycles. The van der Waals surface area contributed by atoms with Crippen LogP contribution in [0.1, 0.15) is 26.3 Å². The molecule has 1 aliphatic heterocycles. The fourth-order valence-electron chi connectivity index (χ4n) is 2.49. The van der Waals surface area contributed by atoms with Gasteiger partial charge >= 0.3 is 0 Å². The van der Waals surface area contributed by atoms with E-state index in [4.69, 9.17) is 0 Å². The molecule has 0 aromatic heterocycles. The van der Waals surface area contributed by atoms with E-state index in [0.29, 0.717) is 12.5 Å². The number of nitrogens with zero attached hydrogens (tertiary/aromatic N) is 1. The van der Waals surface area contributed by atoms with Gasteiger partial charge in [0.1, 0.15) is 6.04 Å². The molecule has 2 N–H and O–H groups in total. The van der Waals surface area contributed by atoms with Crippen LogP contribution in [-0.4, -0.2) is 31.6 Å². The van der Waals surface area contributed by atoms with Gasteiger partial charge in [0.2, 0.25) is 5.91 Å². The molecule has 2 rings (SSSR count). The van der Waals surface area contributed by atoms with E-state index < -0.39 is 0 Å². The van der Waals surface area contributed by atoms with Crippen LogP contribution in [0.3, 0.4) is 0 Å². The predicted octanol–water partition coefficient (Wildman–Crippen LogP) is 2.52. The summed E-state index contributed by atoms with van der Waals surface area (Å²) in [4.78, 5) is 13.9. The molecule has 1 heterocycles. The smallest absolute Gasteiger partial charge is 0.242 e. The quantitative estimate of drug-likeness (QED) is 0.854. The molecule has 1 unspecified atom stereocenters. The monoisotopic (exact) mass is 353 g/mol. The molecular formula is C16H24BrN3O. The van der Waals surface area contributed by atoms with Crippen molar-refractivity contribution in [3.8, 4) is 0 Å². The first-order valence-corrected chi connectivity index (χ1v) is 8.32. The molecule has 1 aromatic rings. The van der Waals surface area contributed by atoms with Crippen molar-refractivity contribution in [1.82, 2.24) is 10.6 Å². The third-order valence-corrected chi connectivity index (χ3v) is 4.47. The highest BCUT2D eigenvalue weighted by molar-refractivity contribution is 9.10.